The fraction of sp³-hybridized carbons (Fsp3) is 0.562. The molecule has 0 saturated heterocycles. The zero-order valence-corrected chi connectivity index (χ0v) is 12.1. The van der Waals surface area contributed by atoms with Gasteiger partial charge in [-0.1, -0.05) is 51.1 Å². The first-order valence-corrected chi connectivity index (χ1v) is 7.10. The summed E-state index contributed by atoms with van der Waals surface area (Å²) in [6.45, 7) is 5.97. The third-order valence-electron chi connectivity index (χ3n) is 3.97. The van der Waals surface area contributed by atoms with Crippen LogP contribution in [0, 0.1) is 0 Å². The van der Waals surface area contributed by atoms with E-state index in [0.717, 1.165) is 24.8 Å². The van der Waals surface area contributed by atoms with Gasteiger partial charge < -0.3 is 10.4 Å². The van der Waals surface area contributed by atoms with Gasteiger partial charge in [0.2, 0.25) is 5.91 Å². The van der Waals surface area contributed by atoms with E-state index in [9.17, 15) is 9.90 Å². The molecule has 0 radical (unpaired) electrons. The molecule has 2 N–H and O–H groups in total. The van der Waals surface area contributed by atoms with Crippen LogP contribution in [0.5, 0.6) is 0 Å². The van der Waals surface area contributed by atoms with E-state index >= 15 is 0 Å². The molecule has 0 spiro atoms. The first kappa shape index (κ1) is 15.7. The van der Waals surface area contributed by atoms with Gasteiger partial charge in [-0.15, -0.1) is 0 Å². The van der Waals surface area contributed by atoms with E-state index in [2.05, 4.69) is 5.32 Å². The predicted molar refractivity (Wildman–Crippen MR) is 78.0 cm³/mol. The number of benzene rings is 1. The maximum atomic E-state index is 12.4. The van der Waals surface area contributed by atoms with Gasteiger partial charge in [0.15, 0.2) is 0 Å². The van der Waals surface area contributed by atoms with Crippen LogP contribution in [0.1, 0.15) is 51.5 Å². The Morgan fingerprint density at radius 1 is 1.21 bits per heavy atom. The summed E-state index contributed by atoms with van der Waals surface area (Å²) in [4.78, 5) is 12.4. The van der Waals surface area contributed by atoms with Crippen LogP contribution in [0.2, 0.25) is 0 Å². The highest BCUT2D eigenvalue weighted by atomic mass is 16.3. The molecule has 0 aromatic heterocycles. The summed E-state index contributed by atoms with van der Waals surface area (Å²) >= 11 is 0. The zero-order valence-electron chi connectivity index (χ0n) is 12.1. The van der Waals surface area contributed by atoms with Gasteiger partial charge in [0, 0.05) is 0 Å². The summed E-state index contributed by atoms with van der Waals surface area (Å²) in [5, 5.41) is 12.6. The molecule has 1 aromatic rings. The third-order valence-corrected chi connectivity index (χ3v) is 3.97. The lowest BCUT2D eigenvalue weighted by Crippen LogP contribution is -2.51. The quantitative estimate of drug-likeness (QED) is 0.794. The molecule has 1 aromatic carbocycles. The second kappa shape index (κ2) is 7.29. The average molecular weight is 263 g/mol. The van der Waals surface area contributed by atoms with Crippen molar-refractivity contribution >= 4 is 5.91 Å². The average Bonchev–Trinajstić information content (AvgIpc) is 2.47. The van der Waals surface area contributed by atoms with Crippen LogP contribution < -0.4 is 5.32 Å². The maximum Gasteiger partial charge on any atom is 0.228 e. The third kappa shape index (κ3) is 3.80. The molecule has 1 atom stereocenters. The van der Waals surface area contributed by atoms with Crippen LogP contribution in [-0.4, -0.2) is 23.2 Å². The SMILES string of the molecule is CCC(C(=O)NC(CC)(CC)CO)c1ccccc1. The van der Waals surface area contributed by atoms with Crippen LogP contribution in [0.25, 0.3) is 0 Å². The van der Waals surface area contributed by atoms with Crippen molar-refractivity contribution in [3.8, 4) is 0 Å². The molecule has 0 aliphatic carbocycles. The first-order chi connectivity index (χ1) is 9.12. The molecule has 0 aliphatic rings. The Bertz CT molecular complexity index is 377. The normalized spacial score (nSPS) is 13.1. The fourth-order valence-corrected chi connectivity index (χ4v) is 2.30. The van der Waals surface area contributed by atoms with E-state index in [-0.39, 0.29) is 18.4 Å². The first-order valence-electron chi connectivity index (χ1n) is 7.10. The molecule has 3 heteroatoms. The van der Waals surface area contributed by atoms with Gasteiger partial charge in [0.1, 0.15) is 0 Å². The van der Waals surface area contributed by atoms with Gasteiger partial charge in [-0.05, 0) is 24.8 Å². The van der Waals surface area contributed by atoms with Crippen molar-refractivity contribution in [2.24, 2.45) is 0 Å². The van der Waals surface area contributed by atoms with E-state index in [0.29, 0.717) is 0 Å². The Morgan fingerprint density at radius 2 is 1.79 bits per heavy atom. The van der Waals surface area contributed by atoms with Gasteiger partial charge >= 0.3 is 0 Å². The van der Waals surface area contributed by atoms with Crippen molar-refractivity contribution in [3.05, 3.63) is 35.9 Å². The highest BCUT2D eigenvalue weighted by Gasteiger charge is 2.30. The lowest BCUT2D eigenvalue weighted by molar-refractivity contribution is -0.125. The number of carbonyl (C=O) groups excluding carboxylic acids is 1. The van der Waals surface area contributed by atoms with Crippen LogP contribution in [-0.2, 0) is 4.79 Å². The molecule has 0 bridgehead atoms. The Balaban J connectivity index is 2.86. The van der Waals surface area contributed by atoms with Crippen molar-refractivity contribution in [2.75, 3.05) is 6.61 Å². The molecule has 0 aliphatic heterocycles. The lowest BCUT2D eigenvalue weighted by atomic mass is 9.90. The number of hydrogen-bond acceptors (Lipinski definition) is 2. The van der Waals surface area contributed by atoms with E-state index in [4.69, 9.17) is 0 Å². The highest BCUT2D eigenvalue weighted by molar-refractivity contribution is 5.84. The second-order valence-corrected chi connectivity index (χ2v) is 5.01. The summed E-state index contributed by atoms with van der Waals surface area (Å²) in [5.74, 6) is -0.142. The minimum atomic E-state index is -0.487. The minimum absolute atomic E-state index is 0.00597. The van der Waals surface area contributed by atoms with Crippen molar-refractivity contribution in [1.82, 2.24) is 5.32 Å². The molecule has 1 rings (SSSR count). The summed E-state index contributed by atoms with van der Waals surface area (Å²) in [7, 11) is 0. The molecule has 0 heterocycles. The number of rotatable bonds is 7. The number of aliphatic hydroxyl groups excluding tert-OH is 1. The van der Waals surface area contributed by atoms with Crippen molar-refractivity contribution in [3.63, 3.8) is 0 Å². The number of nitrogens with one attached hydrogen (secondary N) is 1. The molecule has 1 unspecified atom stereocenters. The highest BCUT2D eigenvalue weighted by Crippen LogP contribution is 2.22. The predicted octanol–water partition coefficient (Wildman–Crippen LogP) is 2.85. The van der Waals surface area contributed by atoms with Gasteiger partial charge in [-0.25, -0.2) is 0 Å². The second-order valence-electron chi connectivity index (χ2n) is 5.01. The molecular weight excluding hydrogens is 238 g/mol. The standard InChI is InChI=1S/C16H25NO2/c1-4-14(13-10-8-7-9-11-13)15(19)17-16(5-2,6-3)12-18/h7-11,14,18H,4-6,12H2,1-3H3,(H,17,19). The van der Waals surface area contributed by atoms with E-state index < -0.39 is 5.54 Å². The van der Waals surface area contributed by atoms with Crippen molar-refractivity contribution < 1.29 is 9.90 Å². The van der Waals surface area contributed by atoms with Crippen LogP contribution in [0.3, 0.4) is 0 Å². The number of carbonyl (C=O) groups is 1. The van der Waals surface area contributed by atoms with Gasteiger partial charge in [0.05, 0.1) is 18.1 Å². The van der Waals surface area contributed by atoms with Gasteiger partial charge in [0.25, 0.3) is 0 Å². The van der Waals surface area contributed by atoms with Gasteiger partial charge in [-0.2, -0.15) is 0 Å². The lowest BCUT2D eigenvalue weighted by Gasteiger charge is -2.32. The van der Waals surface area contributed by atoms with E-state index in [1.54, 1.807) is 0 Å². The molecule has 3 nitrogen and oxygen atoms in total. The number of aliphatic hydroxyl groups is 1. The molecular formula is C16H25NO2. The van der Waals surface area contributed by atoms with Crippen molar-refractivity contribution in [2.45, 2.75) is 51.5 Å². The van der Waals surface area contributed by atoms with Crippen LogP contribution in [0.4, 0.5) is 0 Å². The van der Waals surface area contributed by atoms with Crippen LogP contribution >= 0.6 is 0 Å². The number of hydrogen-bond donors (Lipinski definition) is 2. The van der Waals surface area contributed by atoms with Crippen molar-refractivity contribution in [1.29, 1.82) is 0 Å². The molecule has 106 valence electrons. The van der Waals surface area contributed by atoms with E-state index in [1.165, 1.54) is 0 Å². The molecule has 19 heavy (non-hydrogen) atoms. The van der Waals surface area contributed by atoms with E-state index in [1.807, 2.05) is 51.1 Å². The van der Waals surface area contributed by atoms with Gasteiger partial charge in [-0.3, -0.25) is 4.79 Å². The fourth-order valence-electron chi connectivity index (χ4n) is 2.30. The summed E-state index contributed by atoms with van der Waals surface area (Å²) in [6.07, 6.45) is 2.22. The topological polar surface area (TPSA) is 49.3 Å². The largest absolute Gasteiger partial charge is 0.394 e. The monoisotopic (exact) mass is 263 g/mol. The maximum absolute atomic E-state index is 12.4. The smallest absolute Gasteiger partial charge is 0.228 e. The Labute approximate surface area is 116 Å². The Morgan fingerprint density at radius 3 is 2.21 bits per heavy atom. The Kier molecular flexibility index (Phi) is 6.03. The number of amides is 1. The van der Waals surface area contributed by atoms with Crippen LogP contribution in [0.15, 0.2) is 30.3 Å². The summed E-state index contributed by atoms with van der Waals surface area (Å²) in [5.41, 5.74) is 0.542. The molecule has 0 fully saturated rings. The summed E-state index contributed by atoms with van der Waals surface area (Å²) < 4.78 is 0. The molecule has 0 saturated carbocycles. The summed E-state index contributed by atoms with van der Waals surface area (Å²) in [6, 6.07) is 9.80. The molecule has 1 amide bonds. The Hall–Kier alpha value is -1.35. The zero-order chi connectivity index (χ0) is 14.3. The minimum Gasteiger partial charge on any atom is -0.394 e.